The van der Waals surface area contributed by atoms with Crippen molar-refractivity contribution in [3.8, 4) is 11.8 Å². The first-order valence-corrected chi connectivity index (χ1v) is 6.23. The predicted octanol–water partition coefficient (Wildman–Crippen LogP) is 2.19. The van der Waals surface area contributed by atoms with Crippen LogP contribution in [0.1, 0.15) is 24.8 Å². The van der Waals surface area contributed by atoms with Gasteiger partial charge in [-0.15, -0.1) is 0 Å². The van der Waals surface area contributed by atoms with Gasteiger partial charge in [0.1, 0.15) is 11.3 Å². The van der Waals surface area contributed by atoms with Crippen molar-refractivity contribution in [2.24, 2.45) is 5.92 Å². The van der Waals surface area contributed by atoms with Crippen LogP contribution in [0.4, 0.5) is 0 Å². The lowest BCUT2D eigenvalue weighted by atomic mass is 9.85. The number of ether oxygens (including phenoxy) is 1. The summed E-state index contributed by atoms with van der Waals surface area (Å²) >= 11 is 0. The molecular formula is C14H16N2O. The normalized spacial score (nSPS) is 26.8. The summed E-state index contributed by atoms with van der Waals surface area (Å²) in [6, 6.07) is 10.3. The molecule has 1 heterocycles. The summed E-state index contributed by atoms with van der Waals surface area (Å²) in [5, 5.41) is 13.0. The summed E-state index contributed by atoms with van der Waals surface area (Å²) in [7, 11) is 0. The van der Waals surface area contributed by atoms with Crippen LogP contribution in [-0.4, -0.2) is 13.2 Å². The van der Waals surface area contributed by atoms with E-state index in [4.69, 9.17) is 4.74 Å². The first-order chi connectivity index (χ1) is 8.34. The molecule has 0 saturated heterocycles. The van der Waals surface area contributed by atoms with Crippen LogP contribution in [0.5, 0.6) is 5.75 Å². The Morgan fingerprint density at radius 2 is 2.24 bits per heavy atom. The van der Waals surface area contributed by atoms with Crippen LogP contribution in [0.15, 0.2) is 24.3 Å². The van der Waals surface area contributed by atoms with Crippen molar-refractivity contribution in [2.45, 2.75) is 24.8 Å². The van der Waals surface area contributed by atoms with Gasteiger partial charge >= 0.3 is 0 Å². The van der Waals surface area contributed by atoms with Crippen LogP contribution >= 0.6 is 0 Å². The number of nitrogens with one attached hydrogen (secondary N) is 1. The van der Waals surface area contributed by atoms with Crippen LogP contribution in [0.2, 0.25) is 0 Å². The van der Waals surface area contributed by atoms with Gasteiger partial charge in [0, 0.05) is 12.0 Å². The second kappa shape index (κ2) is 4.05. The Bertz CT molecular complexity index is 462. The zero-order valence-corrected chi connectivity index (χ0v) is 9.78. The SMILES string of the molecule is N#CC1(NCC2CC2)CCOc2ccccc21. The summed E-state index contributed by atoms with van der Waals surface area (Å²) in [4.78, 5) is 0. The van der Waals surface area contributed by atoms with Gasteiger partial charge in [-0.3, -0.25) is 5.32 Å². The Morgan fingerprint density at radius 1 is 1.41 bits per heavy atom. The number of hydrogen-bond donors (Lipinski definition) is 1. The molecule has 0 amide bonds. The summed E-state index contributed by atoms with van der Waals surface area (Å²) in [5.41, 5.74) is 0.451. The molecule has 1 aromatic rings. The van der Waals surface area contributed by atoms with Crippen LogP contribution < -0.4 is 10.1 Å². The standard InChI is InChI=1S/C14H16N2O/c15-10-14(16-9-11-5-6-11)7-8-17-13-4-2-1-3-12(13)14/h1-4,11,16H,5-9H2. The summed E-state index contributed by atoms with van der Waals surface area (Å²) < 4.78 is 5.61. The van der Waals surface area contributed by atoms with Crippen molar-refractivity contribution >= 4 is 0 Å². The number of hydrogen-bond acceptors (Lipinski definition) is 3. The van der Waals surface area contributed by atoms with E-state index in [-0.39, 0.29) is 0 Å². The third-order valence-corrected chi connectivity index (χ3v) is 3.66. The van der Waals surface area contributed by atoms with E-state index >= 15 is 0 Å². The van der Waals surface area contributed by atoms with E-state index in [1.54, 1.807) is 0 Å². The van der Waals surface area contributed by atoms with Gasteiger partial charge in [-0.1, -0.05) is 18.2 Å². The minimum atomic E-state index is -0.544. The van der Waals surface area contributed by atoms with Gasteiger partial charge in [-0.05, 0) is 31.4 Å². The third-order valence-electron chi connectivity index (χ3n) is 3.66. The molecule has 1 aliphatic heterocycles. The molecule has 1 unspecified atom stereocenters. The smallest absolute Gasteiger partial charge is 0.139 e. The molecule has 0 spiro atoms. The van der Waals surface area contributed by atoms with Crippen molar-refractivity contribution < 1.29 is 4.74 Å². The Morgan fingerprint density at radius 3 is 3.00 bits per heavy atom. The fraction of sp³-hybridized carbons (Fsp3) is 0.500. The molecule has 1 aliphatic carbocycles. The van der Waals surface area contributed by atoms with Gasteiger partial charge in [0.2, 0.25) is 0 Å². The molecule has 88 valence electrons. The van der Waals surface area contributed by atoms with E-state index < -0.39 is 5.54 Å². The van der Waals surface area contributed by atoms with Gasteiger partial charge in [-0.2, -0.15) is 5.26 Å². The summed E-state index contributed by atoms with van der Waals surface area (Å²) in [6.07, 6.45) is 3.33. The average Bonchev–Trinajstić information content (AvgIpc) is 3.20. The molecule has 17 heavy (non-hydrogen) atoms. The van der Waals surface area contributed by atoms with E-state index in [2.05, 4.69) is 11.4 Å². The van der Waals surface area contributed by atoms with E-state index in [1.165, 1.54) is 12.8 Å². The molecule has 2 aliphatic rings. The van der Waals surface area contributed by atoms with E-state index in [1.807, 2.05) is 24.3 Å². The maximum absolute atomic E-state index is 9.55. The highest BCUT2D eigenvalue weighted by Gasteiger charge is 2.38. The van der Waals surface area contributed by atoms with Crippen LogP contribution in [0.3, 0.4) is 0 Å². The summed E-state index contributed by atoms with van der Waals surface area (Å²) in [5.74, 6) is 1.62. The second-order valence-corrected chi connectivity index (χ2v) is 4.94. The molecule has 0 radical (unpaired) electrons. The highest BCUT2D eigenvalue weighted by molar-refractivity contribution is 5.44. The maximum atomic E-state index is 9.55. The molecule has 1 atom stereocenters. The van der Waals surface area contributed by atoms with Crippen LogP contribution in [-0.2, 0) is 5.54 Å². The number of benzene rings is 1. The molecule has 3 rings (SSSR count). The minimum absolute atomic E-state index is 0.544. The van der Waals surface area contributed by atoms with Crippen molar-refractivity contribution in [3.05, 3.63) is 29.8 Å². The fourth-order valence-electron chi connectivity index (χ4n) is 2.37. The molecule has 1 aromatic carbocycles. The highest BCUT2D eigenvalue weighted by Crippen LogP contribution is 2.37. The molecule has 0 bridgehead atoms. The minimum Gasteiger partial charge on any atom is -0.493 e. The lowest BCUT2D eigenvalue weighted by Crippen LogP contribution is -2.45. The van der Waals surface area contributed by atoms with Crippen molar-refractivity contribution in [3.63, 3.8) is 0 Å². The van der Waals surface area contributed by atoms with Crippen molar-refractivity contribution in [2.75, 3.05) is 13.2 Å². The number of fused-ring (bicyclic) bond motifs is 1. The quantitative estimate of drug-likeness (QED) is 0.862. The monoisotopic (exact) mass is 228 g/mol. The topological polar surface area (TPSA) is 45.0 Å². The lowest BCUT2D eigenvalue weighted by Gasteiger charge is -2.34. The fourth-order valence-corrected chi connectivity index (χ4v) is 2.37. The molecule has 1 N–H and O–H groups in total. The molecule has 3 heteroatoms. The number of rotatable bonds is 3. The van der Waals surface area contributed by atoms with Gasteiger partial charge < -0.3 is 4.74 Å². The molecule has 3 nitrogen and oxygen atoms in total. The average molecular weight is 228 g/mol. The van der Waals surface area contributed by atoms with Gasteiger partial charge in [0.15, 0.2) is 0 Å². The zero-order chi connectivity index (χ0) is 11.7. The Hall–Kier alpha value is -1.53. The molecule has 1 fully saturated rings. The molecule has 0 aromatic heterocycles. The molecular weight excluding hydrogens is 212 g/mol. The largest absolute Gasteiger partial charge is 0.493 e. The predicted molar refractivity (Wildman–Crippen MR) is 64.6 cm³/mol. The van der Waals surface area contributed by atoms with Gasteiger partial charge in [-0.25, -0.2) is 0 Å². The van der Waals surface area contributed by atoms with Crippen molar-refractivity contribution in [1.29, 1.82) is 5.26 Å². The Balaban J connectivity index is 1.91. The van der Waals surface area contributed by atoms with Gasteiger partial charge in [0.05, 0.1) is 12.7 Å². The first kappa shape index (κ1) is 10.6. The van der Waals surface area contributed by atoms with E-state index in [9.17, 15) is 5.26 Å². The van der Waals surface area contributed by atoms with E-state index in [0.29, 0.717) is 6.61 Å². The Kier molecular flexibility index (Phi) is 2.53. The third kappa shape index (κ3) is 1.89. The zero-order valence-electron chi connectivity index (χ0n) is 9.78. The van der Waals surface area contributed by atoms with Crippen molar-refractivity contribution in [1.82, 2.24) is 5.32 Å². The second-order valence-electron chi connectivity index (χ2n) is 4.94. The Labute approximate surface area is 101 Å². The van der Waals surface area contributed by atoms with E-state index in [0.717, 1.165) is 30.2 Å². The highest BCUT2D eigenvalue weighted by atomic mass is 16.5. The number of para-hydroxylation sites is 1. The maximum Gasteiger partial charge on any atom is 0.139 e. The lowest BCUT2D eigenvalue weighted by molar-refractivity contribution is 0.219. The van der Waals surface area contributed by atoms with Crippen LogP contribution in [0, 0.1) is 17.2 Å². The molecule has 1 saturated carbocycles. The van der Waals surface area contributed by atoms with Gasteiger partial charge in [0.25, 0.3) is 0 Å². The first-order valence-electron chi connectivity index (χ1n) is 6.23. The number of nitriles is 1. The number of nitrogens with zero attached hydrogens (tertiary/aromatic N) is 1. The van der Waals surface area contributed by atoms with Crippen LogP contribution in [0.25, 0.3) is 0 Å². The summed E-state index contributed by atoms with van der Waals surface area (Å²) in [6.45, 7) is 1.56.